The molecule has 2 aromatic rings. The minimum Gasteiger partial charge on any atom is -0.462 e. The number of esters is 1. The zero-order valence-corrected chi connectivity index (χ0v) is 10.2. The van der Waals surface area contributed by atoms with Crippen LogP contribution in [0.3, 0.4) is 0 Å². The van der Waals surface area contributed by atoms with Crippen molar-refractivity contribution in [1.29, 1.82) is 0 Å². The molecule has 0 bridgehead atoms. The number of hydrogen-bond acceptors (Lipinski definition) is 3. The van der Waals surface area contributed by atoms with E-state index in [9.17, 15) is 14.0 Å². The Morgan fingerprint density at radius 1 is 1.50 bits per heavy atom. The molecule has 0 saturated carbocycles. The minimum atomic E-state index is -0.740. The number of fused-ring (bicyclic) bond motifs is 1. The van der Waals surface area contributed by atoms with Gasteiger partial charge in [-0.1, -0.05) is 11.6 Å². The molecule has 1 aromatic heterocycles. The molecule has 0 aliphatic carbocycles. The number of hydrogen-bond donors (Lipinski definition) is 1. The van der Waals surface area contributed by atoms with Crippen molar-refractivity contribution in [2.45, 2.75) is 6.92 Å². The summed E-state index contributed by atoms with van der Waals surface area (Å²) in [5, 5.41) is -0.0375. The van der Waals surface area contributed by atoms with Crippen molar-refractivity contribution >= 4 is 28.5 Å². The van der Waals surface area contributed by atoms with Crippen LogP contribution in [0, 0.1) is 5.82 Å². The summed E-state index contributed by atoms with van der Waals surface area (Å²) in [5.41, 5.74) is -0.774. The third kappa shape index (κ3) is 1.97. The number of carbonyl (C=O) groups is 1. The van der Waals surface area contributed by atoms with E-state index < -0.39 is 17.2 Å². The minimum absolute atomic E-state index is 0.0273. The number of benzene rings is 1. The average Bonchev–Trinajstić information content (AvgIpc) is 2.34. The average molecular weight is 270 g/mol. The van der Waals surface area contributed by atoms with Crippen LogP contribution in [0.5, 0.6) is 0 Å². The molecular weight excluding hydrogens is 261 g/mol. The molecule has 0 atom stereocenters. The number of nitrogens with one attached hydrogen (secondary N) is 1. The third-order valence-corrected chi connectivity index (χ3v) is 2.73. The Bertz CT molecular complexity index is 681. The van der Waals surface area contributed by atoms with Gasteiger partial charge in [-0.25, -0.2) is 9.18 Å². The molecular formula is C12H9ClFNO3. The molecule has 4 nitrogen and oxygen atoms in total. The van der Waals surface area contributed by atoms with Crippen molar-refractivity contribution in [3.8, 4) is 0 Å². The summed E-state index contributed by atoms with van der Waals surface area (Å²) >= 11 is 5.60. The van der Waals surface area contributed by atoms with Gasteiger partial charge in [-0.15, -0.1) is 0 Å². The molecule has 6 heteroatoms. The van der Waals surface area contributed by atoms with Gasteiger partial charge in [-0.05, 0) is 19.1 Å². The molecule has 1 N–H and O–H groups in total. The van der Waals surface area contributed by atoms with E-state index >= 15 is 0 Å². The number of aromatic amines is 1. The zero-order chi connectivity index (χ0) is 13.3. The second kappa shape index (κ2) is 4.78. The first-order chi connectivity index (χ1) is 8.56. The van der Waals surface area contributed by atoms with Gasteiger partial charge in [0, 0.05) is 11.6 Å². The van der Waals surface area contributed by atoms with Gasteiger partial charge in [-0.2, -0.15) is 0 Å². The van der Waals surface area contributed by atoms with Gasteiger partial charge < -0.3 is 9.72 Å². The van der Waals surface area contributed by atoms with Gasteiger partial charge >= 0.3 is 5.97 Å². The van der Waals surface area contributed by atoms with Crippen LogP contribution in [0.25, 0.3) is 10.9 Å². The van der Waals surface area contributed by atoms with E-state index in [1.54, 1.807) is 6.92 Å². The fourth-order valence-corrected chi connectivity index (χ4v) is 1.75. The summed E-state index contributed by atoms with van der Waals surface area (Å²) in [6.45, 7) is 1.79. The van der Waals surface area contributed by atoms with Crippen molar-refractivity contribution in [3.63, 3.8) is 0 Å². The van der Waals surface area contributed by atoms with Gasteiger partial charge in [0.05, 0.1) is 17.1 Å². The lowest BCUT2D eigenvalue weighted by Crippen LogP contribution is -2.18. The predicted molar refractivity (Wildman–Crippen MR) is 65.5 cm³/mol. The third-order valence-electron chi connectivity index (χ3n) is 2.44. The highest BCUT2D eigenvalue weighted by atomic mass is 35.5. The van der Waals surface area contributed by atoms with Crippen LogP contribution in [0.15, 0.2) is 23.1 Å². The zero-order valence-electron chi connectivity index (χ0n) is 9.42. The molecule has 94 valence electrons. The van der Waals surface area contributed by atoms with E-state index in [1.165, 1.54) is 12.1 Å². The van der Waals surface area contributed by atoms with Crippen molar-refractivity contribution in [2.24, 2.45) is 0 Å². The normalized spacial score (nSPS) is 10.6. The molecule has 1 aromatic carbocycles. The van der Waals surface area contributed by atoms with Crippen molar-refractivity contribution in [3.05, 3.63) is 45.0 Å². The highest BCUT2D eigenvalue weighted by Gasteiger charge is 2.16. The lowest BCUT2D eigenvalue weighted by atomic mass is 10.1. The number of rotatable bonds is 2. The maximum Gasteiger partial charge on any atom is 0.343 e. The maximum atomic E-state index is 13.6. The smallest absolute Gasteiger partial charge is 0.343 e. The van der Waals surface area contributed by atoms with E-state index in [0.717, 1.165) is 6.20 Å². The summed E-state index contributed by atoms with van der Waals surface area (Å²) < 4.78 is 18.4. The summed E-state index contributed by atoms with van der Waals surface area (Å²) in [6, 6.07) is 2.63. The van der Waals surface area contributed by atoms with E-state index in [2.05, 4.69) is 4.98 Å². The van der Waals surface area contributed by atoms with Crippen LogP contribution < -0.4 is 5.43 Å². The second-order valence-corrected chi connectivity index (χ2v) is 3.94. The fraction of sp³-hybridized carbons (Fsp3) is 0.167. The van der Waals surface area contributed by atoms with Crippen LogP contribution in [-0.4, -0.2) is 17.6 Å². The van der Waals surface area contributed by atoms with Crippen LogP contribution in [-0.2, 0) is 4.74 Å². The topological polar surface area (TPSA) is 59.2 Å². The lowest BCUT2D eigenvalue weighted by Gasteiger charge is -2.04. The first-order valence-corrected chi connectivity index (χ1v) is 5.60. The Kier molecular flexibility index (Phi) is 3.34. The Labute approximate surface area is 106 Å². The SMILES string of the molecule is CCOC(=O)c1c[nH]c2c(F)c(Cl)ccc2c1=O. The molecule has 0 unspecified atom stereocenters. The number of carbonyl (C=O) groups excluding carboxylic acids is 1. The number of H-pyrrole nitrogens is 1. The number of pyridine rings is 1. The molecule has 0 radical (unpaired) electrons. The highest BCUT2D eigenvalue weighted by molar-refractivity contribution is 6.31. The molecule has 0 amide bonds. The van der Waals surface area contributed by atoms with Crippen molar-refractivity contribution < 1.29 is 13.9 Å². The van der Waals surface area contributed by atoms with E-state index in [1.807, 2.05) is 0 Å². The molecule has 0 fully saturated rings. The number of halogens is 2. The molecule has 1 heterocycles. The molecule has 0 saturated heterocycles. The van der Waals surface area contributed by atoms with Crippen molar-refractivity contribution in [2.75, 3.05) is 6.61 Å². The van der Waals surface area contributed by atoms with Gasteiger partial charge in [-0.3, -0.25) is 4.79 Å². The number of ether oxygens (including phenoxy) is 1. The Balaban J connectivity index is 2.70. The monoisotopic (exact) mass is 269 g/mol. The lowest BCUT2D eigenvalue weighted by molar-refractivity contribution is 0.0524. The quantitative estimate of drug-likeness (QED) is 0.852. The van der Waals surface area contributed by atoms with Crippen molar-refractivity contribution in [1.82, 2.24) is 4.98 Å². The number of aromatic nitrogens is 1. The van der Waals surface area contributed by atoms with Crippen LogP contribution >= 0.6 is 11.6 Å². The van der Waals surface area contributed by atoms with Crippen LogP contribution in [0.1, 0.15) is 17.3 Å². The standard InChI is InChI=1S/C12H9ClFNO3/c1-2-18-12(17)7-5-15-10-6(11(7)16)3-4-8(13)9(10)14/h3-5H,2H2,1H3,(H,15,16). The van der Waals surface area contributed by atoms with Gasteiger partial charge in [0.25, 0.3) is 0 Å². The molecule has 0 spiro atoms. The molecule has 2 rings (SSSR count). The highest BCUT2D eigenvalue weighted by Crippen LogP contribution is 2.21. The second-order valence-electron chi connectivity index (χ2n) is 3.54. The summed E-state index contributed by atoms with van der Waals surface area (Å²) in [5.74, 6) is -1.46. The molecule has 0 aliphatic rings. The fourth-order valence-electron chi connectivity index (χ4n) is 1.60. The van der Waals surface area contributed by atoms with Crippen LogP contribution in [0.4, 0.5) is 4.39 Å². The summed E-state index contributed by atoms with van der Waals surface area (Å²) in [7, 11) is 0. The first kappa shape index (κ1) is 12.6. The van der Waals surface area contributed by atoms with Gasteiger partial charge in [0.15, 0.2) is 5.82 Å². The van der Waals surface area contributed by atoms with Gasteiger partial charge in [0.1, 0.15) is 5.56 Å². The van der Waals surface area contributed by atoms with Gasteiger partial charge in [0.2, 0.25) is 5.43 Å². The maximum absolute atomic E-state index is 13.6. The largest absolute Gasteiger partial charge is 0.462 e. The van der Waals surface area contributed by atoms with E-state index in [-0.39, 0.29) is 28.1 Å². The van der Waals surface area contributed by atoms with E-state index in [0.29, 0.717) is 0 Å². The summed E-state index contributed by atoms with van der Waals surface area (Å²) in [6.07, 6.45) is 1.13. The summed E-state index contributed by atoms with van der Waals surface area (Å²) in [4.78, 5) is 26.0. The Hall–Kier alpha value is -1.88. The predicted octanol–water partition coefficient (Wildman–Crippen LogP) is 2.50. The molecule has 0 aliphatic heterocycles. The Morgan fingerprint density at radius 2 is 2.22 bits per heavy atom. The first-order valence-electron chi connectivity index (χ1n) is 5.22. The van der Waals surface area contributed by atoms with Crippen LogP contribution in [0.2, 0.25) is 5.02 Å². The Morgan fingerprint density at radius 3 is 2.89 bits per heavy atom. The van der Waals surface area contributed by atoms with E-state index in [4.69, 9.17) is 16.3 Å². The molecule has 18 heavy (non-hydrogen) atoms.